The van der Waals surface area contributed by atoms with E-state index in [2.05, 4.69) is 5.32 Å². The molecule has 2 nitrogen and oxygen atoms in total. The molecule has 1 saturated carbocycles. The van der Waals surface area contributed by atoms with Gasteiger partial charge in [-0.15, -0.1) is 11.6 Å². The van der Waals surface area contributed by atoms with Gasteiger partial charge in [0, 0.05) is 0 Å². The van der Waals surface area contributed by atoms with Crippen LogP contribution in [0.4, 0.5) is 0 Å². The molecule has 1 rings (SSSR count). The SMILES string of the molecule is O[C@H](CCl)C[NH2+]C1CCCCC1. The van der Waals surface area contributed by atoms with E-state index in [4.69, 9.17) is 11.6 Å². The highest BCUT2D eigenvalue weighted by molar-refractivity contribution is 6.18. The van der Waals surface area contributed by atoms with Gasteiger partial charge in [-0.1, -0.05) is 6.42 Å². The molecule has 0 heterocycles. The maximum atomic E-state index is 9.23. The summed E-state index contributed by atoms with van der Waals surface area (Å²) in [6.07, 6.45) is 6.41. The average molecular weight is 193 g/mol. The fraction of sp³-hybridized carbons (Fsp3) is 1.00. The predicted molar refractivity (Wildman–Crippen MR) is 50.4 cm³/mol. The van der Waals surface area contributed by atoms with Crippen LogP contribution >= 0.6 is 11.6 Å². The van der Waals surface area contributed by atoms with Crippen molar-refractivity contribution in [2.24, 2.45) is 0 Å². The molecule has 0 saturated heterocycles. The van der Waals surface area contributed by atoms with Crippen molar-refractivity contribution in [2.45, 2.75) is 44.2 Å². The molecule has 12 heavy (non-hydrogen) atoms. The van der Waals surface area contributed by atoms with Gasteiger partial charge in [0.25, 0.3) is 0 Å². The standard InChI is InChI=1S/C9H18ClNO/c10-6-9(12)7-11-8-4-2-1-3-5-8/h8-9,11-12H,1-7H2/p+1/t9-/m1/s1. The van der Waals surface area contributed by atoms with Crippen LogP contribution in [0.1, 0.15) is 32.1 Å². The van der Waals surface area contributed by atoms with Crippen molar-refractivity contribution < 1.29 is 10.4 Å². The van der Waals surface area contributed by atoms with Crippen molar-refractivity contribution in [1.29, 1.82) is 0 Å². The molecule has 0 aliphatic heterocycles. The highest BCUT2D eigenvalue weighted by atomic mass is 35.5. The zero-order valence-electron chi connectivity index (χ0n) is 7.51. The molecule has 3 heteroatoms. The van der Waals surface area contributed by atoms with Crippen LogP contribution in [0, 0.1) is 0 Å². The zero-order valence-corrected chi connectivity index (χ0v) is 8.26. The van der Waals surface area contributed by atoms with Crippen LogP contribution in [0.2, 0.25) is 0 Å². The van der Waals surface area contributed by atoms with E-state index in [9.17, 15) is 5.11 Å². The Hall–Kier alpha value is 0.210. The highest BCUT2D eigenvalue weighted by Crippen LogP contribution is 2.14. The quantitative estimate of drug-likeness (QED) is 0.625. The number of aliphatic hydroxyl groups is 1. The van der Waals surface area contributed by atoms with Crippen LogP contribution in [0.15, 0.2) is 0 Å². The highest BCUT2D eigenvalue weighted by Gasteiger charge is 2.16. The number of halogens is 1. The Morgan fingerprint density at radius 2 is 2.00 bits per heavy atom. The maximum absolute atomic E-state index is 9.23. The Kier molecular flexibility index (Phi) is 4.96. The molecule has 1 fully saturated rings. The Balaban J connectivity index is 2.05. The van der Waals surface area contributed by atoms with Gasteiger partial charge < -0.3 is 10.4 Å². The van der Waals surface area contributed by atoms with Gasteiger partial charge in [-0.2, -0.15) is 0 Å². The van der Waals surface area contributed by atoms with Crippen molar-refractivity contribution >= 4 is 11.6 Å². The van der Waals surface area contributed by atoms with Gasteiger partial charge in [0.05, 0.1) is 11.9 Å². The first kappa shape index (κ1) is 10.3. The summed E-state index contributed by atoms with van der Waals surface area (Å²) >= 11 is 5.50. The monoisotopic (exact) mass is 192 g/mol. The molecule has 0 amide bonds. The van der Waals surface area contributed by atoms with Crippen LogP contribution in [0.3, 0.4) is 0 Å². The van der Waals surface area contributed by atoms with Crippen LogP contribution in [0.5, 0.6) is 0 Å². The molecular formula is C9H19ClNO+. The minimum Gasteiger partial charge on any atom is -0.386 e. The largest absolute Gasteiger partial charge is 0.386 e. The first-order chi connectivity index (χ1) is 5.83. The Morgan fingerprint density at radius 1 is 1.33 bits per heavy atom. The number of rotatable bonds is 4. The number of hydrogen-bond acceptors (Lipinski definition) is 1. The third kappa shape index (κ3) is 3.74. The van der Waals surface area contributed by atoms with Crippen LogP contribution in [-0.2, 0) is 0 Å². The van der Waals surface area contributed by atoms with E-state index in [1.165, 1.54) is 32.1 Å². The van der Waals surface area contributed by atoms with Gasteiger partial charge in [-0.3, -0.25) is 0 Å². The lowest BCUT2D eigenvalue weighted by Crippen LogP contribution is -2.92. The topological polar surface area (TPSA) is 36.8 Å². The molecule has 0 bridgehead atoms. The number of aliphatic hydroxyl groups excluding tert-OH is 1. The third-order valence-corrected chi connectivity index (χ3v) is 2.93. The van der Waals surface area contributed by atoms with E-state index in [0.29, 0.717) is 5.88 Å². The molecule has 0 radical (unpaired) electrons. The van der Waals surface area contributed by atoms with Crippen LogP contribution < -0.4 is 5.32 Å². The summed E-state index contributed by atoms with van der Waals surface area (Å²) in [5.41, 5.74) is 0. The summed E-state index contributed by atoms with van der Waals surface area (Å²) < 4.78 is 0. The summed E-state index contributed by atoms with van der Waals surface area (Å²) in [5, 5.41) is 11.5. The smallest absolute Gasteiger partial charge is 0.116 e. The third-order valence-electron chi connectivity index (χ3n) is 2.57. The molecule has 72 valence electrons. The first-order valence-electron chi connectivity index (χ1n) is 4.90. The lowest BCUT2D eigenvalue weighted by Gasteiger charge is -2.20. The second-order valence-corrected chi connectivity index (χ2v) is 3.99. The van der Waals surface area contributed by atoms with E-state index in [-0.39, 0.29) is 6.10 Å². The fourth-order valence-corrected chi connectivity index (χ4v) is 1.91. The second-order valence-electron chi connectivity index (χ2n) is 3.68. The van der Waals surface area contributed by atoms with E-state index in [0.717, 1.165) is 12.6 Å². The van der Waals surface area contributed by atoms with Crippen LogP contribution in [0.25, 0.3) is 0 Å². The van der Waals surface area contributed by atoms with Gasteiger partial charge in [0.15, 0.2) is 0 Å². The van der Waals surface area contributed by atoms with Gasteiger partial charge in [0.2, 0.25) is 0 Å². The minimum atomic E-state index is -0.325. The molecule has 0 spiro atoms. The van der Waals surface area contributed by atoms with Crippen molar-refractivity contribution in [1.82, 2.24) is 0 Å². The maximum Gasteiger partial charge on any atom is 0.116 e. The molecule has 0 aromatic carbocycles. The van der Waals surface area contributed by atoms with E-state index < -0.39 is 0 Å². The second kappa shape index (κ2) is 5.79. The number of quaternary nitrogens is 1. The zero-order chi connectivity index (χ0) is 8.81. The van der Waals surface area contributed by atoms with Gasteiger partial charge in [-0.25, -0.2) is 0 Å². The molecular weight excluding hydrogens is 174 g/mol. The summed E-state index contributed by atoms with van der Waals surface area (Å²) in [6, 6.07) is 0.747. The van der Waals surface area contributed by atoms with E-state index >= 15 is 0 Å². The van der Waals surface area contributed by atoms with E-state index in [1.54, 1.807) is 0 Å². The van der Waals surface area contributed by atoms with Gasteiger partial charge in [-0.05, 0) is 25.7 Å². The van der Waals surface area contributed by atoms with Crippen molar-refractivity contribution in [3.05, 3.63) is 0 Å². The molecule has 0 unspecified atom stereocenters. The Bertz CT molecular complexity index is 115. The van der Waals surface area contributed by atoms with Crippen molar-refractivity contribution in [3.63, 3.8) is 0 Å². The molecule has 0 aromatic rings. The number of hydrogen-bond donors (Lipinski definition) is 2. The molecule has 1 aliphatic carbocycles. The Morgan fingerprint density at radius 3 is 2.58 bits per heavy atom. The predicted octanol–water partition coefficient (Wildman–Crippen LogP) is 0.482. The normalized spacial score (nSPS) is 22.5. The molecule has 3 N–H and O–H groups in total. The minimum absolute atomic E-state index is 0.325. The summed E-state index contributed by atoms with van der Waals surface area (Å²) in [5.74, 6) is 0.364. The first-order valence-corrected chi connectivity index (χ1v) is 5.43. The van der Waals surface area contributed by atoms with Crippen molar-refractivity contribution in [2.75, 3.05) is 12.4 Å². The van der Waals surface area contributed by atoms with Gasteiger partial charge in [0.1, 0.15) is 12.6 Å². The number of nitrogens with two attached hydrogens (primary N) is 1. The fourth-order valence-electron chi connectivity index (χ4n) is 1.78. The Labute approximate surface area is 79.3 Å². The lowest BCUT2D eigenvalue weighted by molar-refractivity contribution is -0.696. The van der Waals surface area contributed by atoms with Gasteiger partial charge >= 0.3 is 0 Å². The average Bonchev–Trinajstić information content (AvgIpc) is 2.16. The summed E-state index contributed by atoms with van der Waals surface area (Å²) in [7, 11) is 0. The summed E-state index contributed by atoms with van der Waals surface area (Å²) in [4.78, 5) is 0. The molecule has 1 atom stereocenters. The lowest BCUT2D eigenvalue weighted by atomic mass is 9.95. The number of alkyl halides is 1. The molecule has 0 aromatic heterocycles. The molecule has 1 aliphatic rings. The van der Waals surface area contributed by atoms with E-state index in [1.807, 2.05) is 0 Å². The summed E-state index contributed by atoms with van der Waals surface area (Å²) in [6.45, 7) is 0.772. The van der Waals surface area contributed by atoms with Crippen molar-refractivity contribution in [3.8, 4) is 0 Å². The van der Waals surface area contributed by atoms with Crippen LogP contribution in [-0.4, -0.2) is 29.7 Å².